The second-order valence-electron chi connectivity index (χ2n) is 7.58. The van der Waals surface area contributed by atoms with Crippen molar-refractivity contribution in [1.29, 1.82) is 0 Å². The Balaban J connectivity index is 1.43. The highest BCUT2D eigenvalue weighted by Gasteiger charge is 2.24. The number of carbonyl (C=O) groups excluding carboxylic acids is 2. The van der Waals surface area contributed by atoms with Crippen LogP contribution in [0.15, 0.2) is 9.95 Å². The molecule has 28 heavy (non-hydrogen) atoms. The second-order valence-corrected chi connectivity index (χ2v) is 9.63. The van der Waals surface area contributed by atoms with E-state index in [1.807, 2.05) is 0 Å². The first kappa shape index (κ1) is 19.4. The number of nitrogens with one attached hydrogen (secondary N) is 1. The van der Waals surface area contributed by atoms with E-state index in [0.29, 0.717) is 37.3 Å². The summed E-state index contributed by atoms with van der Waals surface area (Å²) in [5, 5.41) is 1.24. The molecule has 2 aromatic rings. The highest BCUT2D eigenvalue weighted by Crippen LogP contribution is 2.36. The van der Waals surface area contributed by atoms with E-state index in [2.05, 4.69) is 16.9 Å². The number of piperazine rings is 1. The lowest BCUT2D eigenvalue weighted by molar-refractivity contribution is -0.136. The Morgan fingerprint density at radius 2 is 1.96 bits per heavy atom. The lowest BCUT2D eigenvalue weighted by atomic mass is 9.89. The maximum Gasteiger partial charge on any atom is 0.260 e. The molecule has 1 atom stereocenters. The zero-order valence-corrected chi connectivity index (χ0v) is 17.8. The lowest BCUT2D eigenvalue weighted by Gasteiger charge is -2.34. The number of rotatable bonds is 3. The van der Waals surface area contributed by atoms with Crippen molar-refractivity contribution < 1.29 is 9.59 Å². The predicted octanol–water partition coefficient (Wildman–Crippen LogP) is 1.89. The summed E-state index contributed by atoms with van der Waals surface area (Å²) in [6, 6.07) is 0. The molecule has 0 aromatic carbocycles. The van der Waals surface area contributed by atoms with Crippen LogP contribution < -0.4 is 5.56 Å². The van der Waals surface area contributed by atoms with Gasteiger partial charge >= 0.3 is 0 Å². The van der Waals surface area contributed by atoms with Crippen molar-refractivity contribution in [2.45, 2.75) is 38.3 Å². The molecule has 2 aromatic heterocycles. The van der Waals surface area contributed by atoms with Crippen molar-refractivity contribution in [3.8, 4) is 0 Å². The van der Waals surface area contributed by atoms with E-state index in [1.165, 1.54) is 22.2 Å². The molecule has 1 saturated heterocycles. The van der Waals surface area contributed by atoms with Gasteiger partial charge in [-0.2, -0.15) is 0 Å². The van der Waals surface area contributed by atoms with Gasteiger partial charge in [0.25, 0.3) is 5.56 Å². The molecular formula is C19H24N4O3S2. The maximum absolute atomic E-state index is 12.6. The molecule has 1 N–H and O–H groups in total. The Labute approximate surface area is 171 Å². The summed E-state index contributed by atoms with van der Waals surface area (Å²) in [4.78, 5) is 49.6. The fraction of sp³-hybridized carbons (Fsp3) is 0.579. The van der Waals surface area contributed by atoms with E-state index in [4.69, 9.17) is 0 Å². The third-order valence-corrected chi connectivity index (χ3v) is 7.56. The van der Waals surface area contributed by atoms with Crippen LogP contribution in [0, 0.1) is 5.92 Å². The van der Waals surface area contributed by atoms with Crippen molar-refractivity contribution in [2.24, 2.45) is 5.92 Å². The van der Waals surface area contributed by atoms with Gasteiger partial charge in [0.1, 0.15) is 4.83 Å². The average Bonchev–Trinajstić information content (AvgIpc) is 3.03. The topological polar surface area (TPSA) is 86.4 Å². The van der Waals surface area contributed by atoms with Gasteiger partial charge in [-0.05, 0) is 30.7 Å². The summed E-state index contributed by atoms with van der Waals surface area (Å²) >= 11 is 2.89. The molecular weight excluding hydrogens is 396 g/mol. The first-order valence-corrected chi connectivity index (χ1v) is 11.4. The number of fused-ring (bicyclic) bond motifs is 3. The number of amides is 2. The molecule has 7 nitrogen and oxygen atoms in total. The van der Waals surface area contributed by atoms with Crippen LogP contribution >= 0.6 is 23.1 Å². The Kier molecular flexibility index (Phi) is 5.46. The summed E-state index contributed by atoms with van der Waals surface area (Å²) < 4.78 is 0. The van der Waals surface area contributed by atoms with Gasteiger partial charge in [0.15, 0.2) is 5.16 Å². The standard InChI is InChI=1S/C19H24N4O3S2/c1-11-3-4-13-14(9-11)28-18-16(13)17(26)20-19(21-18)27-10-15(25)23-7-5-22(6-8-23)12(2)24/h11H,3-10H2,1-2H3,(H,20,21,26)/t11-/m0/s1. The van der Waals surface area contributed by atoms with Gasteiger partial charge in [0, 0.05) is 38.0 Å². The Hall–Kier alpha value is -1.87. The number of aromatic amines is 1. The van der Waals surface area contributed by atoms with E-state index < -0.39 is 0 Å². The highest BCUT2D eigenvalue weighted by molar-refractivity contribution is 7.99. The number of H-pyrrole nitrogens is 1. The predicted molar refractivity (Wildman–Crippen MR) is 111 cm³/mol. The van der Waals surface area contributed by atoms with Crippen molar-refractivity contribution >= 4 is 45.1 Å². The van der Waals surface area contributed by atoms with Crippen LogP contribution in [0.4, 0.5) is 0 Å². The van der Waals surface area contributed by atoms with Crippen LogP contribution in [0.3, 0.4) is 0 Å². The zero-order valence-electron chi connectivity index (χ0n) is 16.1. The van der Waals surface area contributed by atoms with Crippen molar-refractivity contribution in [1.82, 2.24) is 19.8 Å². The Morgan fingerprint density at radius 1 is 1.25 bits per heavy atom. The molecule has 2 amide bonds. The molecule has 0 spiro atoms. The molecule has 1 fully saturated rings. The smallest absolute Gasteiger partial charge is 0.260 e. The minimum Gasteiger partial charge on any atom is -0.339 e. The molecule has 1 aliphatic carbocycles. The third-order valence-electron chi connectivity index (χ3n) is 5.55. The van der Waals surface area contributed by atoms with Gasteiger partial charge in [0.2, 0.25) is 11.8 Å². The van der Waals surface area contributed by atoms with E-state index >= 15 is 0 Å². The summed E-state index contributed by atoms with van der Waals surface area (Å²) in [5.74, 6) is 0.936. The Bertz CT molecular complexity index is 975. The van der Waals surface area contributed by atoms with Gasteiger partial charge in [0.05, 0.1) is 11.1 Å². The summed E-state index contributed by atoms with van der Waals surface area (Å²) in [5.41, 5.74) is 1.07. The molecule has 1 aliphatic heterocycles. The fourth-order valence-corrected chi connectivity index (χ4v) is 6.09. The molecule has 0 unspecified atom stereocenters. The van der Waals surface area contributed by atoms with Gasteiger partial charge in [-0.15, -0.1) is 11.3 Å². The Morgan fingerprint density at radius 3 is 2.68 bits per heavy atom. The fourth-order valence-electron chi connectivity index (χ4n) is 3.89. The first-order chi connectivity index (χ1) is 13.4. The molecule has 0 radical (unpaired) electrons. The van der Waals surface area contributed by atoms with Crippen molar-refractivity contribution in [2.75, 3.05) is 31.9 Å². The average molecular weight is 421 g/mol. The van der Waals surface area contributed by atoms with Crippen LogP contribution in [0.5, 0.6) is 0 Å². The molecule has 150 valence electrons. The highest BCUT2D eigenvalue weighted by atomic mass is 32.2. The number of aryl methyl sites for hydroxylation is 1. The monoisotopic (exact) mass is 420 g/mol. The van der Waals surface area contributed by atoms with Crippen LogP contribution in [0.1, 0.15) is 30.7 Å². The number of carbonyl (C=O) groups is 2. The molecule has 0 saturated carbocycles. The van der Waals surface area contributed by atoms with Gasteiger partial charge in [-0.1, -0.05) is 18.7 Å². The molecule has 9 heteroatoms. The van der Waals surface area contributed by atoms with Crippen LogP contribution in [-0.4, -0.2) is 63.5 Å². The summed E-state index contributed by atoms with van der Waals surface area (Å²) in [6.07, 6.45) is 3.07. The second kappa shape index (κ2) is 7.87. The molecule has 3 heterocycles. The number of hydrogen-bond donors (Lipinski definition) is 1. The quantitative estimate of drug-likeness (QED) is 0.605. The third kappa shape index (κ3) is 3.82. The number of thioether (sulfide) groups is 1. The van der Waals surface area contributed by atoms with E-state index in [1.54, 1.807) is 28.1 Å². The summed E-state index contributed by atoms with van der Waals surface area (Å²) in [7, 11) is 0. The lowest BCUT2D eigenvalue weighted by Crippen LogP contribution is -2.50. The van der Waals surface area contributed by atoms with E-state index in [0.717, 1.165) is 29.5 Å². The van der Waals surface area contributed by atoms with Crippen molar-refractivity contribution in [3.05, 3.63) is 20.8 Å². The van der Waals surface area contributed by atoms with Gasteiger partial charge < -0.3 is 14.8 Å². The zero-order chi connectivity index (χ0) is 19.8. The van der Waals surface area contributed by atoms with Gasteiger partial charge in [-0.3, -0.25) is 14.4 Å². The minimum atomic E-state index is -0.0953. The SMILES string of the molecule is CC(=O)N1CCN(C(=O)CSc2nc3sc4c(c3c(=O)[nH]2)CC[C@H](C)C4)CC1. The number of aromatic nitrogens is 2. The maximum atomic E-state index is 12.6. The summed E-state index contributed by atoms with van der Waals surface area (Å²) in [6.45, 7) is 6.05. The molecule has 2 aliphatic rings. The van der Waals surface area contributed by atoms with Gasteiger partial charge in [-0.25, -0.2) is 4.98 Å². The molecule has 0 bridgehead atoms. The van der Waals surface area contributed by atoms with Crippen LogP contribution in [0.25, 0.3) is 10.2 Å². The number of hydrogen-bond acceptors (Lipinski definition) is 6. The first-order valence-electron chi connectivity index (χ1n) is 9.63. The van der Waals surface area contributed by atoms with Crippen LogP contribution in [0.2, 0.25) is 0 Å². The van der Waals surface area contributed by atoms with Crippen molar-refractivity contribution in [3.63, 3.8) is 0 Å². The van der Waals surface area contributed by atoms with Crippen LogP contribution in [-0.2, 0) is 22.4 Å². The van der Waals surface area contributed by atoms with E-state index in [9.17, 15) is 14.4 Å². The van der Waals surface area contributed by atoms with E-state index in [-0.39, 0.29) is 23.1 Å². The molecule has 4 rings (SSSR count). The number of nitrogens with zero attached hydrogens (tertiary/aromatic N) is 3. The normalized spacial score (nSPS) is 19.7. The number of thiophene rings is 1. The largest absolute Gasteiger partial charge is 0.339 e. The minimum absolute atomic E-state index is 0.00949.